The van der Waals surface area contributed by atoms with Gasteiger partial charge in [0.1, 0.15) is 0 Å². The molecular weight excluding hydrogens is 499 g/mol. The topological polar surface area (TPSA) is 25.8 Å². The van der Waals surface area contributed by atoms with Crippen molar-refractivity contribution in [2.45, 2.75) is 0 Å². The second-order valence-electron chi connectivity index (χ2n) is 5.85. The number of hydrogen-bond donors (Lipinski definition) is 0. The van der Waals surface area contributed by atoms with E-state index in [1.54, 1.807) is 0 Å². The third-order valence-corrected chi connectivity index (χ3v) is 5.22. The van der Waals surface area contributed by atoms with Gasteiger partial charge in [0.15, 0.2) is 5.82 Å². The molecule has 3 aromatic carbocycles. The fourth-order valence-corrected chi connectivity index (χ4v) is 3.54. The van der Waals surface area contributed by atoms with Crippen molar-refractivity contribution >= 4 is 38.5 Å². The molecule has 0 aliphatic heterocycles. The highest BCUT2D eigenvalue weighted by Gasteiger charge is 2.10. The fourth-order valence-electron chi connectivity index (χ4n) is 2.73. The number of nitrogens with zero attached hydrogens (tertiary/aromatic N) is 2. The van der Waals surface area contributed by atoms with Gasteiger partial charge in [-0.05, 0) is 52.9 Å². The minimum Gasteiger partial charge on any atom is -0.228 e. The Bertz CT molecular complexity index is 1050. The van der Waals surface area contributed by atoms with Crippen LogP contribution in [-0.2, 0) is 0 Å². The second-order valence-corrected chi connectivity index (χ2v) is 8.01. The molecule has 0 aliphatic carbocycles. The van der Waals surface area contributed by atoms with E-state index in [2.05, 4.69) is 81.0 Å². The standard InChI is InChI=1S/C22H14BrIN2/c23-18-11-9-15(10-12-18)20-14-21(17-7-4-8-19(24)13-17)26-22(25-20)16-5-2-1-3-6-16/h1-14H. The first kappa shape index (κ1) is 17.4. The van der Waals surface area contributed by atoms with Crippen molar-refractivity contribution in [3.8, 4) is 33.9 Å². The predicted molar refractivity (Wildman–Crippen MR) is 119 cm³/mol. The van der Waals surface area contributed by atoms with Gasteiger partial charge in [-0.1, -0.05) is 70.5 Å². The maximum Gasteiger partial charge on any atom is 0.160 e. The van der Waals surface area contributed by atoms with Crippen molar-refractivity contribution in [2.75, 3.05) is 0 Å². The molecule has 1 heterocycles. The Balaban J connectivity index is 1.91. The van der Waals surface area contributed by atoms with Gasteiger partial charge in [-0.3, -0.25) is 0 Å². The molecule has 26 heavy (non-hydrogen) atoms. The lowest BCUT2D eigenvalue weighted by Gasteiger charge is -2.09. The molecule has 0 radical (unpaired) electrons. The fraction of sp³-hybridized carbons (Fsp3) is 0. The molecule has 126 valence electrons. The summed E-state index contributed by atoms with van der Waals surface area (Å²) in [7, 11) is 0. The lowest BCUT2D eigenvalue weighted by Crippen LogP contribution is -1.96. The molecule has 4 aromatic rings. The van der Waals surface area contributed by atoms with Gasteiger partial charge in [0.05, 0.1) is 11.4 Å². The Kier molecular flexibility index (Phi) is 5.13. The van der Waals surface area contributed by atoms with E-state index in [1.165, 1.54) is 3.57 Å². The summed E-state index contributed by atoms with van der Waals surface area (Å²) in [5, 5.41) is 0. The highest BCUT2D eigenvalue weighted by molar-refractivity contribution is 14.1. The maximum absolute atomic E-state index is 4.83. The number of hydrogen-bond acceptors (Lipinski definition) is 2. The summed E-state index contributed by atoms with van der Waals surface area (Å²) < 4.78 is 2.24. The second kappa shape index (κ2) is 7.68. The Morgan fingerprint density at radius 3 is 1.96 bits per heavy atom. The minimum atomic E-state index is 0.736. The van der Waals surface area contributed by atoms with E-state index in [0.717, 1.165) is 38.4 Å². The van der Waals surface area contributed by atoms with E-state index in [4.69, 9.17) is 9.97 Å². The molecule has 0 atom stereocenters. The van der Waals surface area contributed by atoms with Gasteiger partial charge < -0.3 is 0 Å². The van der Waals surface area contributed by atoms with Crippen molar-refractivity contribution in [1.29, 1.82) is 0 Å². The lowest BCUT2D eigenvalue weighted by atomic mass is 10.1. The highest BCUT2D eigenvalue weighted by atomic mass is 127. The Labute approximate surface area is 174 Å². The van der Waals surface area contributed by atoms with Crippen LogP contribution >= 0.6 is 38.5 Å². The Morgan fingerprint density at radius 2 is 1.27 bits per heavy atom. The zero-order chi connectivity index (χ0) is 17.9. The van der Waals surface area contributed by atoms with E-state index >= 15 is 0 Å². The van der Waals surface area contributed by atoms with Crippen LogP contribution in [0.5, 0.6) is 0 Å². The average molecular weight is 513 g/mol. The van der Waals surface area contributed by atoms with Gasteiger partial charge in [-0.15, -0.1) is 0 Å². The van der Waals surface area contributed by atoms with Gasteiger partial charge in [0.2, 0.25) is 0 Å². The largest absolute Gasteiger partial charge is 0.228 e. The van der Waals surface area contributed by atoms with Gasteiger partial charge in [0, 0.05) is 24.7 Å². The van der Waals surface area contributed by atoms with E-state index in [0.29, 0.717) is 0 Å². The summed E-state index contributed by atoms with van der Waals surface area (Å²) in [6.07, 6.45) is 0. The van der Waals surface area contributed by atoms with Gasteiger partial charge in [-0.2, -0.15) is 0 Å². The molecule has 0 fully saturated rings. The number of halogens is 2. The van der Waals surface area contributed by atoms with Crippen LogP contribution in [0.2, 0.25) is 0 Å². The number of aromatic nitrogens is 2. The molecule has 1 aromatic heterocycles. The van der Waals surface area contributed by atoms with Crippen molar-refractivity contribution in [1.82, 2.24) is 9.97 Å². The molecule has 0 unspecified atom stereocenters. The molecule has 4 heteroatoms. The van der Waals surface area contributed by atoms with Gasteiger partial charge >= 0.3 is 0 Å². The van der Waals surface area contributed by atoms with E-state index in [1.807, 2.05) is 42.5 Å². The van der Waals surface area contributed by atoms with E-state index in [9.17, 15) is 0 Å². The van der Waals surface area contributed by atoms with Crippen molar-refractivity contribution < 1.29 is 0 Å². The lowest BCUT2D eigenvalue weighted by molar-refractivity contribution is 1.18. The first-order valence-electron chi connectivity index (χ1n) is 8.15. The van der Waals surface area contributed by atoms with Crippen LogP contribution in [0.25, 0.3) is 33.9 Å². The molecule has 0 N–H and O–H groups in total. The smallest absolute Gasteiger partial charge is 0.160 e. The first-order valence-corrected chi connectivity index (χ1v) is 10.0. The maximum atomic E-state index is 4.83. The Hall–Kier alpha value is -2.05. The summed E-state index contributed by atoms with van der Waals surface area (Å²) in [6, 6.07) is 28.7. The van der Waals surface area contributed by atoms with Crippen LogP contribution in [-0.4, -0.2) is 9.97 Å². The quantitative estimate of drug-likeness (QED) is 0.281. The number of benzene rings is 3. The zero-order valence-electron chi connectivity index (χ0n) is 13.7. The van der Waals surface area contributed by atoms with Gasteiger partial charge in [0.25, 0.3) is 0 Å². The van der Waals surface area contributed by atoms with Crippen LogP contribution in [0.3, 0.4) is 0 Å². The third kappa shape index (κ3) is 3.86. The highest BCUT2D eigenvalue weighted by Crippen LogP contribution is 2.28. The van der Waals surface area contributed by atoms with Crippen LogP contribution in [0.1, 0.15) is 0 Å². The molecule has 0 bridgehead atoms. The molecular formula is C22H14BrIN2. The molecule has 0 saturated carbocycles. The van der Waals surface area contributed by atoms with Crippen LogP contribution in [0.4, 0.5) is 0 Å². The summed E-state index contributed by atoms with van der Waals surface area (Å²) in [5.41, 5.74) is 5.02. The normalized spacial score (nSPS) is 10.7. The minimum absolute atomic E-state index is 0.736. The van der Waals surface area contributed by atoms with Crippen LogP contribution in [0.15, 0.2) is 89.4 Å². The average Bonchev–Trinajstić information content (AvgIpc) is 2.69. The summed E-state index contributed by atoms with van der Waals surface area (Å²) in [5.74, 6) is 0.736. The molecule has 4 rings (SSSR count). The summed E-state index contributed by atoms with van der Waals surface area (Å²) >= 11 is 5.82. The predicted octanol–water partition coefficient (Wildman–Crippen LogP) is 6.84. The van der Waals surface area contributed by atoms with E-state index in [-0.39, 0.29) is 0 Å². The molecule has 0 saturated heterocycles. The summed E-state index contributed by atoms with van der Waals surface area (Å²) in [4.78, 5) is 9.66. The zero-order valence-corrected chi connectivity index (χ0v) is 17.5. The SMILES string of the molecule is Brc1ccc(-c2cc(-c3cccc(I)c3)nc(-c3ccccc3)n2)cc1. The Morgan fingerprint density at radius 1 is 0.615 bits per heavy atom. The van der Waals surface area contributed by atoms with Crippen LogP contribution in [0, 0.1) is 3.57 Å². The molecule has 0 amide bonds. The van der Waals surface area contributed by atoms with Crippen LogP contribution < -0.4 is 0 Å². The molecule has 2 nitrogen and oxygen atoms in total. The van der Waals surface area contributed by atoms with E-state index < -0.39 is 0 Å². The number of rotatable bonds is 3. The molecule has 0 aliphatic rings. The first-order chi connectivity index (χ1) is 12.7. The van der Waals surface area contributed by atoms with Crippen molar-refractivity contribution in [3.05, 3.63) is 93.0 Å². The van der Waals surface area contributed by atoms with Gasteiger partial charge in [-0.25, -0.2) is 9.97 Å². The van der Waals surface area contributed by atoms with Crippen molar-refractivity contribution in [3.63, 3.8) is 0 Å². The van der Waals surface area contributed by atoms with Crippen molar-refractivity contribution in [2.24, 2.45) is 0 Å². The molecule has 0 spiro atoms. The third-order valence-electron chi connectivity index (χ3n) is 4.02. The summed E-state index contributed by atoms with van der Waals surface area (Å²) in [6.45, 7) is 0. The monoisotopic (exact) mass is 512 g/mol.